The zero-order valence-corrected chi connectivity index (χ0v) is 12.1. The Kier molecular flexibility index (Phi) is 6.47. The van der Waals surface area contributed by atoms with E-state index in [2.05, 4.69) is 21.2 Å². The van der Waals surface area contributed by atoms with Crippen LogP contribution in [0.5, 0.6) is 0 Å². The van der Waals surface area contributed by atoms with Crippen molar-refractivity contribution >= 4 is 39.2 Å². The molecule has 1 unspecified atom stereocenters. The van der Waals surface area contributed by atoms with Crippen molar-refractivity contribution < 1.29 is 9.90 Å². The molecular weight excluding hydrogens is 302 g/mol. The van der Waals surface area contributed by atoms with Crippen molar-refractivity contribution in [1.29, 1.82) is 0 Å². The molecule has 1 atom stereocenters. The molecule has 1 aromatic heterocycles. The number of carbonyl (C=O) groups is 1. The van der Waals surface area contributed by atoms with Gasteiger partial charge in [0.2, 0.25) is 5.91 Å². The first-order chi connectivity index (χ1) is 8.08. The predicted octanol–water partition coefficient (Wildman–Crippen LogP) is 2.80. The van der Waals surface area contributed by atoms with E-state index in [1.165, 1.54) is 6.08 Å². The first-order valence-electron chi connectivity index (χ1n) is 5.47. The molecule has 0 saturated carbocycles. The molecule has 17 heavy (non-hydrogen) atoms. The van der Waals surface area contributed by atoms with Crippen molar-refractivity contribution in [3.63, 3.8) is 0 Å². The van der Waals surface area contributed by atoms with Crippen LogP contribution < -0.4 is 5.32 Å². The van der Waals surface area contributed by atoms with E-state index in [0.717, 1.165) is 15.1 Å². The number of thiophene rings is 1. The quantitative estimate of drug-likeness (QED) is 0.626. The van der Waals surface area contributed by atoms with E-state index >= 15 is 0 Å². The summed E-state index contributed by atoms with van der Waals surface area (Å²) in [6, 6.07) is 3.90. The van der Waals surface area contributed by atoms with Crippen LogP contribution in [0.1, 0.15) is 24.6 Å². The lowest BCUT2D eigenvalue weighted by Crippen LogP contribution is -2.22. The maximum Gasteiger partial charge on any atom is 0.244 e. The van der Waals surface area contributed by atoms with Gasteiger partial charge in [0, 0.05) is 17.5 Å². The lowest BCUT2D eigenvalue weighted by atomic mass is 10.2. The Bertz CT molecular complexity index is 388. The number of rotatable bonds is 6. The molecule has 1 aromatic rings. The average Bonchev–Trinajstić information content (AvgIpc) is 2.67. The lowest BCUT2D eigenvalue weighted by molar-refractivity contribution is -0.116. The van der Waals surface area contributed by atoms with Crippen LogP contribution >= 0.6 is 27.3 Å². The highest BCUT2D eigenvalue weighted by Gasteiger charge is 1.98. The van der Waals surface area contributed by atoms with E-state index in [1.54, 1.807) is 24.3 Å². The van der Waals surface area contributed by atoms with Crippen LogP contribution in [0.4, 0.5) is 0 Å². The Morgan fingerprint density at radius 1 is 1.65 bits per heavy atom. The Labute approximate surface area is 114 Å². The standard InChI is InChI=1S/C12H16BrNO2S/c1-9(15)3-2-8-14-12(16)7-5-10-4-6-11(13)17-10/h4-7,9,15H,2-3,8H2,1H3,(H,14,16)/b7-5+. The number of nitrogens with one attached hydrogen (secondary N) is 1. The van der Waals surface area contributed by atoms with E-state index in [9.17, 15) is 4.79 Å². The Morgan fingerprint density at radius 2 is 2.41 bits per heavy atom. The maximum absolute atomic E-state index is 11.4. The molecule has 0 bridgehead atoms. The molecule has 0 radical (unpaired) electrons. The van der Waals surface area contributed by atoms with Gasteiger partial charge in [-0.3, -0.25) is 4.79 Å². The summed E-state index contributed by atoms with van der Waals surface area (Å²) in [5.74, 6) is -0.0971. The van der Waals surface area contributed by atoms with Crippen LogP contribution in [0.25, 0.3) is 6.08 Å². The summed E-state index contributed by atoms with van der Waals surface area (Å²) in [7, 11) is 0. The zero-order valence-electron chi connectivity index (χ0n) is 9.65. The number of carbonyl (C=O) groups excluding carboxylic acids is 1. The fourth-order valence-corrected chi connectivity index (χ4v) is 2.57. The summed E-state index contributed by atoms with van der Waals surface area (Å²) in [4.78, 5) is 12.4. The normalized spacial score (nSPS) is 12.9. The molecule has 5 heteroatoms. The summed E-state index contributed by atoms with van der Waals surface area (Å²) in [6.07, 6.45) is 4.52. The van der Waals surface area contributed by atoms with Crippen LogP contribution in [0.3, 0.4) is 0 Å². The van der Waals surface area contributed by atoms with Crippen molar-refractivity contribution in [3.8, 4) is 0 Å². The van der Waals surface area contributed by atoms with Crippen molar-refractivity contribution in [2.45, 2.75) is 25.9 Å². The van der Waals surface area contributed by atoms with E-state index in [-0.39, 0.29) is 12.0 Å². The van der Waals surface area contributed by atoms with E-state index in [1.807, 2.05) is 12.1 Å². The van der Waals surface area contributed by atoms with Gasteiger partial charge in [-0.2, -0.15) is 0 Å². The number of hydrogen-bond donors (Lipinski definition) is 2. The van der Waals surface area contributed by atoms with Gasteiger partial charge in [-0.1, -0.05) is 0 Å². The van der Waals surface area contributed by atoms with Gasteiger partial charge < -0.3 is 10.4 Å². The average molecular weight is 318 g/mol. The summed E-state index contributed by atoms with van der Waals surface area (Å²) < 4.78 is 1.05. The number of amides is 1. The molecule has 2 N–H and O–H groups in total. The Balaban J connectivity index is 2.23. The fraction of sp³-hybridized carbons (Fsp3) is 0.417. The van der Waals surface area contributed by atoms with Gasteiger partial charge in [-0.25, -0.2) is 0 Å². The van der Waals surface area contributed by atoms with Crippen LogP contribution in [0, 0.1) is 0 Å². The van der Waals surface area contributed by atoms with Crippen LogP contribution in [0.2, 0.25) is 0 Å². The van der Waals surface area contributed by atoms with Crippen molar-refractivity contribution in [2.24, 2.45) is 0 Å². The van der Waals surface area contributed by atoms with Gasteiger partial charge in [0.05, 0.1) is 9.89 Å². The molecule has 1 rings (SSSR count). The number of hydrogen-bond acceptors (Lipinski definition) is 3. The van der Waals surface area contributed by atoms with Gasteiger partial charge in [-0.05, 0) is 53.9 Å². The van der Waals surface area contributed by atoms with Crippen LogP contribution in [0.15, 0.2) is 22.0 Å². The molecule has 0 aromatic carbocycles. The minimum atomic E-state index is -0.300. The van der Waals surface area contributed by atoms with Gasteiger partial charge in [-0.15, -0.1) is 11.3 Å². The lowest BCUT2D eigenvalue weighted by Gasteiger charge is -2.03. The number of halogens is 1. The molecule has 0 spiro atoms. The summed E-state index contributed by atoms with van der Waals surface area (Å²) >= 11 is 4.94. The molecule has 0 aliphatic rings. The highest BCUT2D eigenvalue weighted by Crippen LogP contribution is 2.22. The first kappa shape index (κ1) is 14.4. The second-order valence-electron chi connectivity index (χ2n) is 3.76. The first-order valence-corrected chi connectivity index (χ1v) is 7.08. The molecule has 0 aliphatic carbocycles. The Hall–Kier alpha value is -0.650. The predicted molar refractivity (Wildman–Crippen MR) is 75.0 cm³/mol. The third-order valence-electron chi connectivity index (χ3n) is 2.09. The molecule has 3 nitrogen and oxygen atoms in total. The molecule has 0 aliphatic heterocycles. The van der Waals surface area contributed by atoms with E-state index < -0.39 is 0 Å². The third kappa shape index (κ3) is 6.61. The SMILES string of the molecule is CC(O)CCCNC(=O)/C=C/c1ccc(Br)s1. The minimum absolute atomic E-state index is 0.0971. The van der Waals surface area contributed by atoms with Gasteiger partial charge in [0.15, 0.2) is 0 Å². The summed E-state index contributed by atoms with van der Waals surface area (Å²) in [6.45, 7) is 2.35. The van der Waals surface area contributed by atoms with Gasteiger partial charge >= 0.3 is 0 Å². The van der Waals surface area contributed by atoms with E-state index in [0.29, 0.717) is 13.0 Å². The minimum Gasteiger partial charge on any atom is -0.393 e. The molecule has 0 fully saturated rings. The molecular formula is C12H16BrNO2S. The van der Waals surface area contributed by atoms with Crippen LogP contribution in [-0.2, 0) is 4.79 Å². The number of aliphatic hydroxyl groups is 1. The highest BCUT2D eigenvalue weighted by atomic mass is 79.9. The molecule has 1 amide bonds. The van der Waals surface area contributed by atoms with Crippen molar-refractivity contribution in [3.05, 3.63) is 26.9 Å². The number of aliphatic hydroxyl groups excluding tert-OH is 1. The van der Waals surface area contributed by atoms with Crippen LogP contribution in [-0.4, -0.2) is 23.7 Å². The monoisotopic (exact) mass is 317 g/mol. The molecule has 94 valence electrons. The van der Waals surface area contributed by atoms with Gasteiger partial charge in [0.25, 0.3) is 0 Å². The van der Waals surface area contributed by atoms with Crippen molar-refractivity contribution in [1.82, 2.24) is 5.32 Å². The Morgan fingerprint density at radius 3 is 3.00 bits per heavy atom. The van der Waals surface area contributed by atoms with E-state index in [4.69, 9.17) is 5.11 Å². The second-order valence-corrected chi connectivity index (χ2v) is 6.25. The zero-order chi connectivity index (χ0) is 12.7. The topological polar surface area (TPSA) is 49.3 Å². The summed E-state index contributed by atoms with van der Waals surface area (Å²) in [5, 5.41) is 11.8. The largest absolute Gasteiger partial charge is 0.393 e. The summed E-state index contributed by atoms with van der Waals surface area (Å²) in [5.41, 5.74) is 0. The highest BCUT2D eigenvalue weighted by molar-refractivity contribution is 9.11. The smallest absolute Gasteiger partial charge is 0.244 e. The second kappa shape index (κ2) is 7.63. The van der Waals surface area contributed by atoms with Crippen molar-refractivity contribution in [2.75, 3.05) is 6.54 Å². The maximum atomic E-state index is 11.4. The molecule has 1 heterocycles. The third-order valence-corrected chi connectivity index (χ3v) is 3.68. The van der Waals surface area contributed by atoms with Gasteiger partial charge in [0.1, 0.15) is 0 Å². The fourth-order valence-electron chi connectivity index (χ4n) is 1.24. The molecule has 0 saturated heterocycles.